The van der Waals surface area contributed by atoms with Gasteiger partial charge in [-0.3, -0.25) is 4.79 Å². The Labute approximate surface area is 176 Å². The highest BCUT2D eigenvalue weighted by Gasteiger charge is 2.21. The smallest absolute Gasteiger partial charge is 0.275 e. The molecule has 2 aromatic carbocycles. The number of oxazole rings is 1. The predicted molar refractivity (Wildman–Crippen MR) is 113 cm³/mol. The van der Waals surface area contributed by atoms with Gasteiger partial charge in [0.25, 0.3) is 5.91 Å². The van der Waals surface area contributed by atoms with Crippen LogP contribution in [0.3, 0.4) is 0 Å². The first-order valence-electron chi connectivity index (χ1n) is 9.47. The number of rotatable bonds is 8. The Balaban J connectivity index is 1.55. The van der Waals surface area contributed by atoms with Crippen LogP contribution in [0.4, 0.5) is 0 Å². The van der Waals surface area contributed by atoms with E-state index in [0.717, 1.165) is 11.8 Å². The highest BCUT2D eigenvalue weighted by Crippen LogP contribution is 2.22. The van der Waals surface area contributed by atoms with Crippen molar-refractivity contribution in [2.75, 3.05) is 26.5 Å². The van der Waals surface area contributed by atoms with Crippen LogP contribution in [0.2, 0.25) is 0 Å². The summed E-state index contributed by atoms with van der Waals surface area (Å²) in [5.41, 5.74) is 1.10. The third kappa shape index (κ3) is 5.27. The van der Waals surface area contributed by atoms with E-state index in [0.29, 0.717) is 37.0 Å². The molecule has 158 valence electrons. The first kappa shape index (κ1) is 21.6. The van der Waals surface area contributed by atoms with Crippen molar-refractivity contribution in [2.45, 2.75) is 18.2 Å². The second-order valence-corrected chi connectivity index (χ2v) is 8.98. The van der Waals surface area contributed by atoms with E-state index in [4.69, 9.17) is 9.15 Å². The fraction of sp³-hybridized carbons (Fsp3) is 0.273. The summed E-state index contributed by atoms with van der Waals surface area (Å²) in [6.45, 7) is 2.52. The Bertz CT molecular complexity index is 1120. The molecular weight excluding hydrogens is 404 g/mol. The molecule has 3 rings (SSSR count). The van der Waals surface area contributed by atoms with E-state index < -0.39 is 9.84 Å². The number of ether oxygens (including phenoxy) is 1. The van der Waals surface area contributed by atoms with E-state index in [1.165, 1.54) is 12.1 Å². The first-order chi connectivity index (χ1) is 14.3. The van der Waals surface area contributed by atoms with Gasteiger partial charge >= 0.3 is 0 Å². The number of amides is 1. The highest BCUT2D eigenvalue weighted by atomic mass is 32.2. The maximum Gasteiger partial charge on any atom is 0.275 e. The van der Waals surface area contributed by atoms with Crippen LogP contribution in [0, 0.1) is 6.92 Å². The van der Waals surface area contributed by atoms with Crippen molar-refractivity contribution < 1.29 is 22.4 Å². The Morgan fingerprint density at radius 3 is 2.57 bits per heavy atom. The maximum atomic E-state index is 12.7. The number of sulfone groups is 1. The lowest BCUT2D eigenvalue weighted by atomic mass is 10.2. The van der Waals surface area contributed by atoms with Gasteiger partial charge in [0, 0.05) is 25.4 Å². The maximum absolute atomic E-state index is 12.7. The minimum Gasteiger partial charge on any atom is -0.493 e. The summed E-state index contributed by atoms with van der Waals surface area (Å²) in [5, 5.41) is 0. The molecule has 1 amide bonds. The molecule has 0 bridgehead atoms. The predicted octanol–water partition coefficient (Wildman–Crippen LogP) is 3.59. The average Bonchev–Trinajstić information content (AvgIpc) is 3.12. The number of aryl methyl sites for hydroxylation is 1. The van der Waals surface area contributed by atoms with Crippen LogP contribution < -0.4 is 4.74 Å². The van der Waals surface area contributed by atoms with Gasteiger partial charge in [0.2, 0.25) is 5.89 Å². The Kier molecular flexibility index (Phi) is 6.56. The molecule has 1 aromatic heterocycles. The molecule has 0 spiro atoms. The Morgan fingerprint density at radius 1 is 1.13 bits per heavy atom. The molecule has 7 nitrogen and oxygen atoms in total. The van der Waals surface area contributed by atoms with E-state index in [1.807, 2.05) is 30.3 Å². The standard InChI is InChI=1S/C22H24N2O5S/c1-16-20(23-21(29-16)17-9-5-4-6-10-17)22(25)24(2)13-8-14-28-18-11-7-12-19(15-18)30(3,26)27/h4-7,9-12,15H,8,13-14H2,1-3H3. The molecular formula is C22H24N2O5S. The minimum absolute atomic E-state index is 0.211. The van der Waals surface area contributed by atoms with Gasteiger partial charge in [-0.05, 0) is 43.7 Å². The molecule has 0 aliphatic rings. The quantitative estimate of drug-likeness (QED) is 0.509. The molecule has 0 aliphatic carbocycles. The molecule has 0 saturated carbocycles. The summed E-state index contributed by atoms with van der Waals surface area (Å²) in [4.78, 5) is 18.9. The SMILES string of the molecule is Cc1oc(-c2ccccc2)nc1C(=O)N(C)CCCOc1cccc(S(C)(=O)=O)c1. The Hall–Kier alpha value is -3.13. The van der Waals surface area contributed by atoms with Gasteiger partial charge in [-0.2, -0.15) is 0 Å². The fourth-order valence-corrected chi connectivity index (χ4v) is 3.52. The number of aromatic nitrogens is 1. The van der Waals surface area contributed by atoms with Crippen LogP contribution in [0.1, 0.15) is 22.7 Å². The lowest BCUT2D eigenvalue weighted by Crippen LogP contribution is -2.29. The number of hydrogen-bond donors (Lipinski definition) is 0. The van der Waals surface area contributed by atoms with Crippen LogP contribution in [-0.2, 0) is 9.84 Å². The molecule has 0 N–H and O–H groups in total. The highest BCUT2D eigenvalue weighted by molar-refractivity contribution is 7.90. The zero-order chi connectivity index (χ0) is 21.7. The molecule has 0 aliphatic heterocycles. The number of nitrogens with zero attached hydrogens (tertiary/aromatic N) is 2. The van der Waals surface area contributed by atoms with Gasteiger partial charge in [-0.25, -0.2) is 13.4 Å². The summed E-state index contributed by atoms with van der Waals surface area (Å²) >= 11 is 0. The summed E-state index contributed by atoms with van der Waals surface area (Å²) in [7, 11) is -1.58. The molecule has 30 heavy (non-hydrogen) atoms. The largest absolute Gasteiger partial charge is 0.493 e. The molecule has 0 fully saturated rings. The van der Waals surface area contributed by atoms with Gasteiger partial charge in [0.05, 0.1) is 11.5 Å². The summed E-state index contributed by atoms with van der Waals surface area (Å²) in [6, 6.07) is 15.8. The van der Waals surface area contributed by atoms with Gasteiger partial charge in [0.15, 0.2) is 15.5 Å². The van der Waals surface area contributed by atoms with Crippen LogP contribution in [0.5, 0.6) is 5.75 Å². The summed E-state index contributed by atoms with van der Waals surface area (Å²) < 4.78 is 34.5. The first-order valence-corrected chi connectivity index (χ1v) is 11.4. The molecule has 0 atom stereocenters. The van der Waals surface area contributed by atoms with Crippen LogP contribution in [0.15, 0.2) is 63.9 Å². The van der Waals surface area contributed by atoms with Crippen molar-refractivity contribution >= 4 is 15.7 Å². The number of carbonyl (C=O) groups excluding carboxylic acids is 1. The lowest BCUT2D eigenvalue weighted by molar-refractivity contribution is 0.0781. The van der Waals surface area contributed by atoms with Gasteiger partial charge in [-0.1, -0.05) is 24.3 Å². The van der Waals surface area contributed by atoms with Gasteiger partial charge in [-0.15, -0.1) is 0 Å². The van der Waals surface area contributed by atoms with E-state index in [2.05, 4.69) is 4.98 Å². The Morgan fingerprint density at radius 2 is 1.87 bits per heavy atom. The number of carbonyl (C=O) groups is 1. The van der Waals surface area contributed by atoms with Crippen LogP contribution in [0.25, 0.3) is 11.5 Å². The van der Waals surface area contributed by atoms with Crippen molar-refractivity contribution in [3.63, 3.8) is 0 Å². The van der Waals surface area contributed by atoms with Gasteiger partial charge in [0.1, 0.15) is 11.5 Å². The normalized spacial score (nSPS) is 11.3. The minimum atomic E-state index is -3.28. The summed E-state index contributed by atoms with van der Waals surface area (Å²) in [6.07, 6.45) is 1.73. The average molecular weight is 429 g/mol. The van der Waals surface area contributed by atoms with E-state index in [9.17, 15) is 13.2 Å². The molecule has 8 heteroatoms. The molecule has 0 saturated heterocycles. The molecule has 0 radical (unpaired) electrons. The van der Waals surface area contributed by atoms with Gasteiger partial charge < -0.3 is 14.1 Å². The summed E-state index contributed by atoms with van der Waals surface area (Å²) in [5.74, 6) is 1.14. The zero-order valence-electron chi connectivity index (χ0n) is 17.2. The fourth-order valence-electron chi connectivity index (χ4n) is 2.87. The second-order valence-electron chi connectivity index (χ2n) is 6.97. The number of benzene rings is 2. The molecule has 1 heterocycles. The molecule has 0 unspecified atom stereocenters. The van der Waals surface area contributed by atoms with Crippen molar-refractivity contribution in [1.82, 2.24) is 9.88 Å². The zero-order valence-corrected chi connectivity index (χ0v) is 18.0. The van der Waals surface area contributed by atoms with Crippen molar-refractivity contribution in [3.05, 3.63) is 66.1 Å². The third-order valence-electron chi connectivity index (χ3n) is 4.51. The van der Waals surface area contributed by atoms with E-state index in [-0.39, 0.29) is 16.5 Å². The van der Waals surface area contributed by atoms with Crippen LogP contribution in [-0.4, -0.2) is 50.7 Å². The van der Waals surface area contributed by atoms with E-state index >= 15 is 0 Å². The van der Waals surface area contributed by atoms with Crippen molar-refractivity contribution in [1.29, 1.82) is 0 Å². The number of hydrogen-bond acceptors (Lipinski definition) is 6. The van der Waals surface area contributed by atoms with Crippen LogP contribution >= 0.6 is 0 Å². The monoisotopic (exact) mass is 428 g/mol. The van der Waals surface area contributed by atoms with Crippen molar-refractivity contribution in [2.24, 2.45) is 0 Å². The van der Waals surface area contributed by atoms with Crippen molar-refractivity contribution in [3.8, 4) is 17.2 Å². The second kappa shape index (κ2) is 9.13. The van der Waals surface area contributed by atoms with E-state index in [1.54, 1.807) is 31.0 Å². The molecule has 3 aromatic rings. The third-order valence-corrected chi connectivity index (χ3v) is 5.62. The lowest BCUT2D eigenvalue weighted by Gasteiger charge is -2.16. The topological polar surface area (TPSA) is 89.7 Å².